The Bertz CT molecular complexity index is 647. The number of aliphatic imine (C=N–C) groups is 1. The van der Waals surface area contributed by atoms with Crippen LogP contribution in [0.1, 0.15) is 22.6 Å². The van der Waals surface area contributed by atoms with Crippen molar-refractivity contribution in [3.63, 3.8) is 0 Å². The molecule has 0 amide bonds. The molecule has 0 aliphatic carbocycles. The molecule has 0 spiro atoms. The third-order valence-corrected chi connectivity index (χ3v) is 3.40. The summed E-state index contributed by atoms with van der Waals surface area (Å²) < 4.78 is 0. The van der Waals surface area contributed by atoms with Gasteiger partial charge < -0.3 is 0 Å². The quantitative estimate of drug-likeness (QED) is 0.609. The van der Waals surface area contributed by atoms with Gasteiger partial charge in [0.1, 0.15) is 0 Å². The van der Waals surface area contributed by atoms with Crippen LogP contribution >= 0.6 is 0 Å². The maximum absolute atomic E-state index is 10.7. The van der Waals surface area contributed by atoms with E-state index < -0.39 is 0 Å². The summed E-state index contributed by atoms with van der Waals surface area (Å²) in [5.74, 6) is 0.182. The van der Waals surface area contributed by atoms with Crippen molar-refractivity contribution < 1.29 is 4.92 Å². The van der Waals surface area contributed by atoms with Crippen LogP contribution in [0.25, 0.3) is 0 Å². The van der Waals surface area contributed by atoms with Crippen LogP contribution in [-0.4, -0.2) is 17.7 Å². The van der Waals surface area contributed by atoms with Gasteiger partial charge in [0.2, 0.25) is 0 Å². The Balaban J connectivity index is 1.99. The lowest BCUT2D eigenvalue weighted by Gasteiger charge is -2.21. The fourth-order valence-corrected chi connectivity index (χ4v) is 2.41. The van der Waals surface area contributed by atoms with Gasteiger partial charge in [-0.1, -0.05) is 36.4 Å². The minimum Gasteiger partial charge on any atom is -0.292 e. The van der Waals surface area contributed by atoms with Crippen molar-refractivity contribution in [2.24, 2.45) is 4.99 Å². The Morgan fingerprint density at radius 1 is 1.11 bits per heavy atom. The van der Waals surface area contributed by atoms with Gasteiger partial charge in [-0.15, -0.1) is 0 Å². The zero-order chi connectivity index (χ0) is 13.2. The molecule has 4 nitrogen and oxygen atoms in total. The van der Waals surface area contributed by atoms with Gasteiger partial charge in [-0.05, 0) is 16.7 Å². The number of fused-ring (bicyclic) bond motifs is 1. The van der Waals surface area contributed by atoms with Crippen molar-refractivity contribution in [3.8, 4) is 0 Å². The van der Waals surface area contributed by atoms with Crippen LogP contribution in [0.4, 0.5) is 5.69 Å². The van der Waals surface area contributed by atoms with Crippen molar-refractivity contribution in [1.29, 1.82) is 0 Å². The van der Waals surface area contributed by atoms with Crippen molar-refractivity contribution >= 4 is 11.9 Å². The SMILES string of the molecule is O=[N+]([O-])c1ccc(C2CN=Cc3ccccc32)cc1. The number of nitro benzene ring substituents is 1. The Morgan fingerprint density at radius 3 is 2.58 bits per heavy atom. The van der Waals surface area contributed by atoms with Gasteiger partial charge in [0.25, 0.3) is 5.69 Å². The minimum absolute atomic E-state index is 0.122. The van der Waals surface area contributed by atoms with E-state index in [4.69, 9.17) is 0 Å². The van der Waals surface area contributed by atoms with E-state index in [2.05, 4.69) is 11.1 Å². The largest absolute Gasteiger partial charge is 0.292 e. The van der Waals surface area contributed by atoms with Crippen LogP contribution in [0.15, 0.2) is 53.5 Å². The highest BCUT2D eigenvalue weighted by Gasteiger charge is 2.19. The monoisotopic (exact) mass is 252 g/mol. The molecule has 0 saturated carbocycles. The van der Waals surface area contributed by atoms with E-state index in [0.717, 1.165) is 11.1 Å². The maximum Gasteiger partial charge on any atom is 0.269 e. The molecule has 2 aromatic carbocycles. The lowest BCUT2D eigenvalue weighted by Crippen LogP contribution is -2.12. The van der Waals surface area contributed by atoms with Gasteiger partial charge >= 0.3 is 0 Å². The zero-order valence-electron chi connectivity index (χ0n) is 10.2. The van der Waals surface area contributed by atoms with E-state index in [1.54, 1.807) is 12.1 Å². The minimum atomic E-state index is -0.378. The molecular weight excluding hydrogens is 240 g/mol. The second-order valence-electron chi connectivity index (χ2n) is 4.52. The van der Waals surface area contributed by atoms with E-state index in [-0.39, 0.29) is 16.5 Å². The molecular formula is C15H12N2O2. The topological polar surface area (TPSA) is 55.5 Å². The molecule has 0 aromatic heterocycles. The third kappa shape index (κ3) is 2.12. The van der Waals surface area contributed by atoms with Gasteiger partial charge in [-0.2, -0.15) is 0 Å². The second kappa shape index (κ2) is 4.65. The molecule has 1 heterocycles. The van der Waals surface area contributed by atoms with Crippen molar-refractivity contribution in [2.45, 2.75) is 5.92 Å². The summed E-state index contributed by atoms with van der Waals surface area (Å²) in [6, 6.07) is 14.9. The van der Waals surface area contributed by atoms with Crippen molar-refractivity contribution in [3.05, 3.63) is 75.3 Å². The standard InChI is InChI=1S/C15H12N2O2/c18-17(19)13-7-5-11(6-8-13)15-10-16-9-12-3-1-2-4-14(12)15/h1-9,15H,10H2. The molecule has 0 bridgehead atoms. The maximum atomic E-state index is 10.7. The van der Waals surface area contributed by atoms with E-state index in [9.17, 15) is 10.1 Å². The molecule has 1 unspecified atom stereocenters. The van der Waals surface area contributed by atoms with E-state index in [0.29, 0.717) is 6.54 Å². The Hall–Kier alpha value is -2.49. The molecule has 1 atom stereocenters. The van der Waals surface area contributed by atoms with Gasteiger partial charge in [0.05, 0.1) is 4.92 Å². The Morgan fingerprint density at radius 2 is 1.84 bits per heavy atom. The summed E-state index contributed by atoms with van der Waals surface area (Å²) in [5, 5.41) is 10.7. The van der Waals surface area contributed by atoms with Gasteiger partial charge in [-0.25, -0.2) is 0 Å². The highest BCUT2D eigenvalue weighted by Crippen LogP contribution is 2.30. The first-order chi connectivity index (χ1) is 9.25. The zero-order valence-corrected chi connectivity index (χ0v) is 10.2. The van der Waals surface area contributed by atoms with Crippen molar-refractivity contribution in [2.75, 3.05) is 6.54 Å². The number of nitrogens with zero attached hydrogens (tertiary/aromatic N) is 2. The molecule has 0 fully saturated rings. The molecule has 94 valence electrons. The van der Waals surface area contributed by atoms with Gasteiger partial charge in [0.15, 0.2) is 0 Å². The molecule has 19 heavy (non-hydrogen) atoms. The summed E-state index contributed by atoms with van der Waals surface area (Å²) in [7, 11) is 0. The lowest BCUT2D eigenvalue weighted by molar-refractivity contribution is -0.384. The molecule has 1 aliphatic heterocycles. The number of benzene rings is 2. The van der Waals surface area contributed by atoms with E-state index in [1.807, 2.05) is 36.5 Å². The number of non-ortho nitro benzene ring substituents is 1. The predicted octanol–water partition coefficient (Wildman–Crippen LogP) is 3.16. The molecule has 0 N–H and O–H groups in total. The fraction of sp³-hybridized carbons (Fsp3) is 0.133. The summed E-state index contributed by atoms with van der Waals surface area (Å²) in [6.45, 7) is 0.689. The number of hydrogen-bond donors (Lipinski definition) is 0. The third-order valence-electron chi connectivity index (χ3n) is 3.40. The predicted molar refractivity (Wildman–Crippen MR) is 73.8 cm³/mol. The Kier molecular flexibility index (Phi) is 2.83. The van der Waals surface area contributed by atoms with E-state index in [1.165, 1.54) is 5.56 Å². The van der Waals surface area contributed by atoms with Crippen LogP contribution in [-0.2, 0) is 0 Å². The smallest absolute Gasteiger partial charge is 0.269 e. The van der Waals surface area contributed by atoms with Crippen LogP contribution in [0.3, 0.4) is 0 Å². The van der Waals surface area contributed by atoms with Gasteiger partial charge in [-0.3, -0.25) is 15.1 Å². The summed E-state index contributed by atoms with van der Waals surface area (Å²) in [6.07, 6.45) is 1.89. The first kappa shape index (κ1) is 11.6. The number of nitro groups is 1. The normalized spacial score (nSPS) is 16.9. The Labute approximate surface area is 110 Å². The van der Waals surface area contributed by atoms with Crippen LogP contribution in [0.5, 0.6) is 0 Å². The molecule has 0 saturated heterocycles. The van der Waals surface area contributed by atoms with Crippen LogP contribution < -0.4 is 0 Å². The molecule has 2 aromatic rings. The van der Waals surface area contributed by atoms with E-state index >= 15 is 0 Å². The summed E-state index contributed by atoms with van der Waals surface area (Å²) >= 11 is 0. The summed E-state index contributed by atoms with van der Waals surface area (Å²) in [4.78, 5) is 14.7. The average molecular weight is 252 g/mol. The highest BCUT2D eigenvalue weighted by atomic mass is 16.6. The molecule has 3 rings (SSSR count). The van der Waals surface area contributed by atoms with Crippen LogP contribution in [0, 0.1) is 10.1 Å². The highest BCUT2D eigenvalue weighted by molar-refractivity contribution is 5.83. The molecule has 1 aliphatic rings. The summed E-state index contributed by atoms with van der Waals surface area (Å²) in [5.41, 5.74) is 3.54. The first-order valence-corrected chi connectivity index (χ1v) is 6.09. The first-order valence-electron chi connectivity index (χ1n) is 6.09. The van der Waals surface area contributed by atoms with Gasteiger partial charge in [0, 0.05) is 30.8 Å². The van der Waals surface area contributed by atoms with Crippen molar-refractivity contribution in [1.82, 2.24) is 0 Å². The fourth-order valence-electron chi connectivity index (χ4n) is 2.41. The second-order valence-corrected chi connectivity index (χ2v) is 4.52. The number of hydrogen-bond acceptors (Lipinski definition) is 3. The molecule has 4 heteroatoms. The van der Waals surface area contributed by atoms with Crippen LogP contribution in [0.2, 0.25) is 0 Å². The average Bonchev–Trinajstić information content (AvgIpc) is 2.47. The number of rotatable bonds is 2. The molecule has 0 radical (unpaired) electrons. The lowest BCUT2D eigenvalue weighted by atomic mass is 9.87.